The van der Waals surface area contributed by atoms with Gasteiger partial charge in [-0.2, -0.15) is 0 Å². The van der Waals surface area contributed by atoms with Crippen LogP contribution in [0.15, 0.2) is 34.8 Å². The van der Waals surface area contributed by atoms with Crippen molar-refractivity contribution in [1.29, 1.82) is 0 Å². The molecule has 0 amide bonds. The molecule has 1 aromatic heterocycles. The number of Topliss-reactive ketones (excluding diaryl/α,β-unsaturated/α-hetero) is 1. The number of ether oxygens (including phenoxy) is 1. The van der Waals surface area contributed by atoms with Crippen LogP contribution in [0, 0.1) is 11.8 Å². The number of methoxy groups -OCH3 is 1. The number of carbonyl (C=O) groups is 2. The van der Waals surface area contributed by atoms with Crippen LogP contribution in [-0.2, 0) is 9.53 Å². The first-order valence-electron chi connectivity index (χ1n) is 5.74. The molecule has 0 aliphatic rings. The van der Waals surface area contributed by atoms with Crippen molar-refractivity contribution in [1.82, 2.24) is 0 Å². The van der Waals surface area contributed by atoms with Crippen molar-refractivity contribution in [3.05, 3.63) is 41.9 Å². The molecule has 0 saturated heterocycles. The summed E-state index contributed by atoms with van der Waals surface area (Å²) in [6, 6.07) is 3.09. The molecule has 0 fully saturated rings. The fraction of sp³-hybridized carbons (Fsp3) is 0.200. The molecule has 0 saturated carbocycles. The van der Waals surface area contributed by atoms with Crippen molar-refractivity contribution in [3.63, 3.8) is 0 Å². The van der Waals surface area contributed by atoms with Gasteiger partial charge < -0.3 is 9.15 Å². The van der Waals surface area contributed by atoms with E-state index >= 15 is 0 Å². The van der Waals surface area contributed by atoms with Gasteiger partial charge in [-0.3, -0.25) is 4.79 Å². The second kappa shape index (κ2) is 7.72. The van der Waals surface area contributed by atoms with Crippen LogP contribution in [0.25, 0.3) is 6.08 Å². The molecule has 0 radical (unpaired) electrons. The lowest BCUT2D eigenvalue weighted by atomic mass is 10.3. The number of allylic oxidation sites excluding steroid dienone is 2. The summed E-state index contributed by atoms with van der Waals surface area (Å²) in [5, 5.41) is 0. The number of carbonyl (C=O) groups excluding carboxylic acids is 2. The quantitative estimate of drug-likeness (QED) is 0.274. The lowest BCUT2D eigenvalue weighted by Crippen LogP contribution is -1.93. The number of rotatable bonds is 4. The minimum absolute atomic E-state index is 0.141. The highest BCUT2D eigenvalue weighted by Gasteiger charge is 2.07. The zero-order valence-electron chi connectivity index (χ0n) is 10.8. The Morgan fingerprint density at radius 1 is 1.42 bits per heavy atom. The van der Waals surface area contributed by atoms with E-state index in [9.17, 15) is 9.59 Å². The monoisotopic (exact) mass is 258 g/mol. The average Bonchev–Trinajstić information content (AvgIpc) is 2.89. The van der Waals surface area contributed by atoms with Gasteiger partial charge >= 0.3 is 5.97 Å². The molecule has 0 spiro atoms. The van der Waals surface area contributed by atoms with Crippen molar-refractivity contribution in [2.45, 2.75) is 13.3 Å². The lowest BCUT2D eigenvalue weighted by molar-refractivity contribution is -0.134. The Kier molecular flexibility index (Phi) is 5.90. The first kappa shape index (κ1) is 14.5. The van der Waals surface area contributed by atoms with Crippen molar-refractivity contribution in [2.75, 3.05) is 7.11 Å². The molecule has 1 heterocycles. The minimum Gasteiger partial charge on any atom is -0.466 e. The number of hydrogen-bond donors (Lipinski definition) is 0. The Morgan fingerprint density at radius 2 is 2.21 bits per heavy atom. The molecule has 98 valence electrons. The van der Waals surface area contributed by atoms with E-state index in [1.165, 1.54) is 25.3 Å². The highest BCUT2D eigenvalue weighted by molar-refractivity contribution is 6.07. The minimum atomic E-state index is -0.492. The molecule has 0 aliphatic carbocycles. The Hall–Kier alpha value is -2.54. The van der Waals surface area contributed by atoms with E-state index in [2.05, 4.69) is 16.6 Å². The summed E-state index contributed by atoms with van der Waals surface area (Å²) in [6.45, 7) is 1.98. The number of hydrogen-bond acceptors (Lipinski definition) is 4. The van der Waals surface area contributed by atoms with Crippen molar-refractivity contribution in [2.24, 2.45) is 0 Å². The van der Waals surface area contributed by atoms with Gasteiger partial charge in [0.1, 0.15) is 5.76 Å². The molecular weight excluding hydrogens is 244 g/mol. The third kappa shape index (κ3) is 5.09. The lowest BCUT2D eigenvalue weighted by Gasteiger charge is -1.88. The highest BCUT2D eigenvalue weighted by Crippen LogP contribution is 2.10. The Morgan fingerprint density at radius 3 is 2.89 bits per heavy atom. The van der Waals surface area contributed by atoms with Gasteiger partial charge in [-0.1, -0.05) is 18.9 Å². The van der Waals surface area contributed by atoms with Gasteiger partial charge in [0, 0.05) is 6.08 Å². The Bertz CT molecular complexity index is 564. The van der Waals surface area contributed by atoms with Crippen LogP contribution in [0.4, 0.5) is 0 Å². The largest absolute Gasteiger partial charge is 0.466 e. The predicted molar refractivity (Wildman–Crippen MR) is 71.3 cm³/mol. The number of ketones is 1. The molecule has 4 heteroatoms. The Labute approximate surface area is 111 Å². The van der Waals surface area contributed by atoms with E-state index in [-0.39, 0.29) is 5.76 Å². The summed E-state index contributed by atoms with van der Waals surface area (Å²) in [6.07, 6.45) is 6.98. The SMILES string of the molecule is CCC=CC#CC(=O)c1ccc(/C=C/C(=O)OC)o1. The summed E-state index contributed by atoms with van der Waals surface area (Å²) in [4.78, 5) is 22.5. The van der Waals surface area contributed by atoms with Crippen LogP contribution >= 0.6 is 0 Å². The van der Waals surface area contributed by atoms with Gasteiger partial charge in [0.25, 0.3) is 5.78 Å². The molecule has 0 aromatic carbocycles. The smallest absolute Gasteiger partial charge is 0.330 e. The van der Waals surface area contributed by atoms with E-state index in [1.807, 2.05) is 13.0 Å². The van der Waals surface area contributed by atoms with E-state index < -0.39 is 11.8 Å². The first-order chi connectivity index (χ1) is 9.17. The summed E-state index contributed by atoms with van der Waals surface area (Å²) < 4.78 is 9.66. The topological polar surface area (TPSA) is 56.5 Å². The second-order valence-electron chi connectivity index (χ2n) is 3.47. The number of furan rings is 1. The van der Waals surface area contributed by atoms with Crippen LogP contribution < -0.4 is 0 Å². The molecule has 19 heavy (non-hydrogen) atoms. The molecule has 0 bridgehead atoms. The standard InChI is InChI=1S/C15H14O4/c1-3-4-5-6-7-13(16)14-10-8-12(19-14)9-11-15(17)18-2/h4-5,8-11H,3H2,1-2H3/b5-4?,11-9+. The van der Waals surface area contributed by atoms with Crippen LogP contribution in [0.2, 0.25) is 0 Å². The van der Waals surface area contributed by atoms with E-state index in [4.69, 9.17) is 4.42 Å². The van der Waals surface area contributed by atoms with Crippen molar-refractivity contribution >= 4 is 17.8 Å². The summed E-state index contributed by atoms with van der Waals surface area (Å²) in [5.74, 6) is 4.69. The fourth-order valence-electron chi connectivity index (χ4n) is 1.13. The fourth-order valence-corrected chi connectivity index (χ4v) is 1.13. The Balaban J connectivity index is 2.70. The van der Waals surface area contributed by atoms with Crippen LogP contribution in [-0.4, -0.2) is 18.9 Å². The van der Waals surface area contributed by atoms with E-state index in [1.54, 1.807) is 12.1 Å². The van der Waals surface area contributed by atoms with Gasteiger partial charge in [-0.25, -0.2) is 4.79 Å². The maximum Gasteiger partial charge on any atom is 0.330 e. The van der Waals surface area contributed by atoms with Gasteiger partial charge in [0.2, 0.25) is 0 Å². The average molecular weight is 258 g/mol. The summed E-state index contributed by atoms with van der Waals surface area (Å²) in [7, 11) is 1.28. The second-order valence-corrected chi connectivity index (χ2v) is 3.47. The molecule has 0 aliphatic heterocycles. The van der Waals surface area contributed by atoms with Gasteiger partial charge in [0.15, 0.2) is 5.76 Å². The van der Waals surface area contributed by atoms with Crippen molar-refractivity contribution in [3.8, 4) is 11.8 Å². The van der Waals surface area contributed by atoms with Gasteiger partial charge in [-0.05, 0) is 36.6 Å². The summed E-state index contributed by atoms with van der Waals surface area (Å²) in [5.41, 5.74) is 0. The maximum atomic E-state index is 11.6. The normalized spacial score (nSPS) is 10.4. The van der Waals surface area contributed by atoms with Crippen molar-refractivity contribution < 1.29 is 18.7 Å². The summed E-state index contributed by atoms with van der Waals surface area (Å²) >= 11 is 0. The maximum absolute atomic E-state index is 11.6. The van der Waals surface area contributed by atoms with Crippen LogP contribution in [0.3, 0.4) is 0 Å². The molecule has 0 unspecified atom stereocenters. The molecular formula is C15H14O4. The molecule has 0 atom stereocenters. The van der Waals surface area contributed by atoms with E-state index in [0.717, 1.165) is 6.42 Å². The zero-order valence-corrected chi connectivity index (χ0v) is 10.8. The zero-order chi connectivity index (χ0) is 14.1. The molecule has 0 N–H and O–H groups in total. The molecule has 1 aromatic rings. The molecule has 1 rings (SSSR count). The molecule has 4 nitrogen and oxygen atoms in total. The van der Waals surface area contributed by atoms with Gasteiger partial charge in [-0.15, -0.1) is 0 Å². The number of esters is 1. The van der Waals surface area contributed by atoms with Gasteiger partial charge in [0.05, 0.1) is 7.11 Å². The third-order valence-electron chi connectivity index (χ3n) is 2.06. The van der Waals surface area contributed by atoms with Crippen LogP contribution in [0.5, 0.6) is 0 Å². The highest BCUT2D eigenvalue weighted by atomic mass is 16.5. The third-order valence-corrected chi connectivity index (χ3v) is 2.06. The van der Waals surface area contributed by atoms with E-state index in [0.29, 0.717) is 5.76 Å². The first-order valence-corrected chi connectivity index (χ1v) is 5.74. The van der Waals surface area contributed by atoms with Crippen LogP contribution in [0.1, 0.15) is 29.7 Å². The predicted octanol–water partition coefficient (Wildman–Crippen LogP) is 2.62.